The van der Waals surface area contributed by atoms with Gasteiger partial charge in [0.25, 0.3) is 0 Å². The predicted octanol–water partition coefficient (Wildman–Crippen LogP) is 1.83. The Bertz CT molecular complexity index is 187. The van der Waals surface area contributed by atoms with Gasteiger partial charge in [0.05, 0.1) is 0 Å². The predicted molar refractivity (Wildman–Crippen MR) is 93.2 cm³/mol. The Morgan fingerprint density at radius 1 is 0.688 bits per heavy atom. The Labute approximate surface area is 113 Å². The summed E-state index contributed by atoms with van der Waals surface area (Å²) in [6.45, 7) is 20.7. The molecule has 0 amide bonds. The molecule has 0 aliphatic rings. The first-order valence-electron chi connectivity index (χ1n) is 7.33. The minimum atomic E-state index is 0.0975. The number of hydrogen-bond donors (Lipinski definition) is 0. The Kier molecular flexibility index (Phi) is 7.07. The van der Waals surface area contributed by atoms with Gasteiger partial charge in [-0.3, -0.25) is 0 Å². The van der Waals surface area contributed by atoms with E-state index in [0.29, 0.717) is 0 Å². The van der Waals surface area contributed by atoms with Gasteiger partial charge in [0.1, 0.15) is 0 Å². The quantitative estimate of drug-likeness (QED) is 0.628. The summed E-state index contributed by atoms with van der Waals surface area (Å²) in [6.07, 6.45) is 0. The van der Waals surface area contributed by atoms with Crippen molar-refractivity contribution >= 4 is 38.1 Å². The van der Waals surface area contributed by atoms with Crippen LogP contribution in [0.2, 0.25) is 47.3 Å². The first-order chi connectivity index (χ1) is 7.33. The minimum Gasteiger partial charge on any atom is -0.0746 e. The van der Waals surface area contributed by atoms with Crippen molar-refractivity contribution in [2.75, 3.05) is 0 Å². The fraction of sp³-hybridized carbons (Fsp3) is 1.00. The summed E-state index contributed by atoms with van der Waals surface area (Å²) >= 11 is 0. The van der Waals surface area contributed by atoms with Crippen molar-refractivity contribution in [2.45, 2.75) is 75.0 Å². The summed E-state index contributed by atoms with van der Waals surface area (Å²) in [4.78, 5) is 0. The molecule has 4 unspecified atom stereocenters. The summed E-state index contributed by atoms with van der Waals surface area (Å²) in [7, 11) is 0.529. The summed E-state index contributed by atoms with van der Waals surface area (Å²) in [5.74, 6) is 0. The van der Waals surface area contributed by atoms with Crippen molar-refractivity contribution in [1.29, 1.82) is 0 Å². The summed E-state index contributed by atoms with van der Waals surface area (Å²) in [5.41, 5.74) is 2.15. The molecule has 0 heterocycles. The van der Waals surface area contributed by atoms with Gasteiger partial charge in [-0.15, -0.1) is 0 Å². The molecule has 0 spiro atoms. The zero-order chi connectivity index (χ0) is 13.0. The third-order valence-electron chi connectivity index (χ3n) is 6.17. The molecule has 98 valence electrons. The van der Waals surface area contributed by atoms with Crippen LogP contribution >= 0.6 is 0 Å². The lowest BCUT2D eigenvalue weighted by Crippen LogP contribution is -2.40. The average Bonchev–Trinajstić information content (AvgIpc) is 2.34. The Morgan fingerprint density at radius 3 is 1.06 bits per heavy atom. The van der Waals surface area contributed by atoms with Crippen LogP contribution in [0.15, 0.2) is 0 Å². The van der Waals surface area contributed by atoms with Gasteiger partial charge in [-0.05, 0) is 10.1 Å². The molecule has 0 aromatic carbocycles. The molecule has 16 heavy (non-hydrogen) atoms. The molecule has 0 aliphatic carbocycles. The topological polar surface area (TPSA) is 0 Å². The van der Waals surface area contributed by atoms with Gasteiger partial charge in [0.2, 0.25) is 0 Å². The van der Waals surface area contributed by atoms with Crippen LogP contribution in [-0.2, 0) is 0 Å². The third-order valence-corrected chi connectivity index (χ3v) is 18.0. The SMILES string of the molecule is C[SiH2]C(C)C(C)([SiH2]C)C(C)([SiH2]C)C(C)[SiH2]C. The molecule has 0 fully saturated rings. The molecule has 0 saturated heterocycles. The normalized spacial score (nSPS) is 26.2. The third kappa shape index (κ3) is 2.82. The Morgan fingerprint density at radius 2 is 0.938 bits per heavy atom. The largest absolute Gasteiger partial charge is 0.0746 e. The zero-order valence-corrected chi connectivity index (χ0v) is 18.6. The number of hydrogen-bond acceptors (Lipinski definition) is 0. The van der Waals surface area contributed by atoms with Crippen LogP contribution in [0, 0.1) is 0 Å². The Hall–Kier alpha value is 0.868. The molecule has 0 saturated carbocycles. The standard InChI is InChI=1S/C12H34Si4/c1-9(13-5)11(3,15-7)12(4,16-8)10(2)14-6/h9-10H,13-16H2,1-8H3. The first kappa shape index (κ1) is 16.9. The highest BCUT2D eigenvalue weighted by Gasteiger charge is 2.47. The van der Waals surface area contributed by atoms with E-state index in [4.69, 9.17) is 0 Å². The molecule has 0 aliphatic heterocycles. The van der Waals surface area contributed by atoms with Crippen LogP contribution in [0.5, 0.6) is 0 Å². The van der Waals surface area contributed by atoms with Crippen molar-refractivity contribution in [1.82, 2.24) is 0 Å². The average molecular weight is 291 g/mol. The Balaban J connectivity index is 5.30. The highest BCUT2D eigenvalue weighted by Crippen LogP contribution is 2.63. The van der Waals surface area contributed by atoms with Crippen LogP contribution in [0.25, 0.3) is 0 Å². The van der Waals surface area contributed by atoms with Gasteiger partial charge < -0.3 is 0 Å². The maximum absolute atomic E-state index is 2.68. The van der Waals surface area contributed by atoms with Crippen molar-refractivity contribution in [3.8, 4) is 0 Å². The van der Waals surface area contributed by atoms with E-state index in [1.54, 1.807) is 0 Å². The number of rotatable bonds is 7. The molecular formula is C12H34Si4. The van der Waals surface area contributed by atoms with Crippen LogP contribution in [0.3, 0.4) is 0 Å². The molecule has 0 rings (SSSR count). The fourth-order valence-electron chi connectivity index (χ4n) is 3.53. The van der Waals surface area contributed by atoms with E-state index < -0.39 is 0 Å². The van der Waals surface area contributed by atoms with Gasteiger partial charge in [0, 0.05) is 38.1 Å². The molecule has 4 heteroatoms. The van der Waals surface area contributed by atoms with Gasteiger partial charge in [0.15, 0.2) is 0 Å². The van der Waals surface area contributed by atoms with Crippen molar-refractivity contribution in [3.05, 3.63) is 0 Å². The monoisotopic (exact) mass is 290 g/mol. The van der Waals surface area contributed by atoms with E-state index in [-0.39, 0.29) is 38.1 Å². The second kappa shape index (κ2) is 6.71. The molecule has 4 atom stereocenters. The van der Waals surface area contributed by atoms with E-state index >= 15 is 0 Å². The lowest BCUT2D eigenvalue weighted by atomic mass is 9.87. The minimum absolute atomic E-state index is 0.0975. The lowest BCUT2D eigenvalue weighted by Gasteiger charge is -2.53. The van der Waals surface area contributed by atoms with E-state index in [0.717, 1.165) is 21.2 Å². The highest BCUT2D eigenvalue weighted by atomic mass is 28.2. The maximum atomic E-state index is 2.68. The second-order valence-electron chi connectivity index (χ2n) is 6.16. The fourth-order valence-corrected chi connectivity index (χ4v) is 15.5. The van der Waals surface area contributed by atoms with Crippen LogP contribution in [0.4, 0.5) is 0 Å². The van der Waals surface area contributed by atoms with Crippen molar-refractivity contribution < 1.29 is 0 Å². The first-order valence-corrected chi connectivity index (χ1v) is 16.0. The molecule has 0 aromatic heterocycles. The molecule has 0 aromatic rings. The molecule has 0 radical (unpaired) electrons. The van der Waals surface area contributed by atoms with Gasteiger partial charge in [-0.1, -0.05) is 65.0 Å². The van der Waals surface area contributed by atoms with Gasteiger partial charge >= 0.3 is 0 Å². The smallest absolute Gasteiger partial charge is 0.0239 e. The van der Waals surface area contributed by atoms with E-state index in [2.05, 4.69) is 53.9 Å². The van der Waals surface area contributed by atoms with Crippen molar-refractivity contribution in [2.24, 2.45) is 0 Å². The molecular weight excluding hydrogens is 256 g/mol. The second-order valence-corrected chi connectivity index (χ2v) is 14.6. The highest BCUT2D eigenvalue weighted by molar-refractivity contribution is 6.53. The molecule has 0 bridgehead atoms. The lowest BCUT2D eigenvalue weighted by molar-refractivity contribution is 0.398. The maximum Gasteiger partial charge on any atom is 0.0239 e. The summed E-state index contributed by atoms with van der Waals surface area (Å²) in [6, 6.07) is 0. The van der Waals surface area contributed by atoms with E-state index in [1.165, 1.54) is 0 Å². The van der Waals surface area contributed by atoms with Gasteiger partial charge in [-0.25, -0.2) is 0 Å². The molecule has 0 N–H and O–H groups in total. The summed E-state index contributed by atoms with van der Waals surface area (Å²) < 4.78 is 0. The van der Waals surface area contributed by atoms with Crippen molar-refractivity contribution in [3.63, 3.8) is 0 Å². The van der Waals surface area contributed by atoms with Crippen LogP contribution in [0.1, 0.15) is 27.7 Å². The summed E-state index contributed by atoms with van der Waals surface area (Å²) in [5, 5.41) is 1.55. The van der Waals surface area contributed by atoms with E-state index in [9.17, 15) is 0 Å². The van der Waals surface area contributed by atoms with E-state index in [1.807, 2.05) is 0 Å². The van der Waals surface area contributed by atoms with Gasteiger partial charge in [-0.2, -0.15) is 0 Å². The molecule has 0 nitrogen and oxygen atoms in total. The van der Waals surface area contributed by atoms with Crippen LogP contribution < -0.4 is 0 Å². The zero-order valence-electron chi connectivity index (χ0n) is 13.0. The van der Waals surface area contributed by atoms with Crippen LogP contribution in [-0.4, -0.2) is 38.1 Å².